The second-order valence-electron chi connectivity index (χ2n) is 18.1. The first-order valence-corrected chi connectivity index (χ1v) is 28.1. The molecule has 1 aliphatic rings. The molecule has 0 aromatic rings. The van der Waals surface area contributed by atoms with Crippen LogP contribution in [-0.2, 0) is 38.3 Å². The average Bonchev–Trinajstić information content (AvgIpc) is 3.31. The van der Waals surface area contributed by atoms with E-state index in [1.807, 2.05) is 0 Å². The van der Waals surface area contributed by atoms with Crippen molar-refractivity contribution < 1.29 is 56.2 Å². The molecule has 1 fully saturated rings. The molecule has 1 rings (SSSR count). The first kappa shape index (κ1) is 63.6. The van der Waals surface area contributed by atoms with E-state index in [-0.39, 0.29) is 19.6 Å². The summed E-state index contributed by atoms with van der Waals surface area (Å²) < 4.78 is 59.3. The number of allylic oxidation sites excluding steroid dienone is 12. The summed E-state index contributed by atoms with van der Waals surface area (Å²) in [6.45, 7) is 3.85. The van der Waals surface area contributed by atoms with Gasteiger partial charge in [-0.15, -0.1) is 0 Å². The molecule has 394 valence electrons. The maximum absolute atomic E-state index is 12.9. The van der Waals surface area contributed by atoms with Crippen molar-refractivity contribution in [2.75, 3.05) is 26.4 Å². The summed E-state index contributed by atoms with van der Waals surface area (Å²) in [4.78, 5) is 12.9. The van der Waals surface area contributed by atoms with Crippen LogP contribution in [0, 0.1) is 0 Å². The molecule has 1 aliphatic heterocycles. The Balaban J connectivity index is 2.36. The number of carbonyl (C=O) groups excluding carboxylic acids is 1. The van der Waals surface area contributed by atoms with E-state index in [1.165, 1.54) is 89.9 Å². The monoisotopic (exact) mass is 981 g/mol. The van der Waals surface area contributed by atoms with Gasteiger partial charge < -0.3 is 34.3 Å². The number of ether oxygens (including phenoxy) is 4. The Morgan fingerprint density at radius 1 is 0.574 bits per heavy atom. The molecule has 1 saturated heterocycles. The third kappa shape index (κ3) is 38.3. The zero-order valence-electron chi connectivity index (χ0n) is 42.4. The number of carbonyl (C=O) groups is 1. The molecule has 68 heavy (non-hydrogen) atoms. The van der Waals surface area contributed by atoms with Crippen LogP contribution in [0.5, 0.6) is 0 Å². The lowest BCUT2D eigenvalue weighted by Crippen LogP contribution is -2.60. The lowest BCUT2D eigenvalue weighted by atomic mass is 9.99. The maximum Gasteiger partial charge on any atom is 0.397 e. The van der Waals surface area contributed by atoms with Crippen molar-refractivity contribution in [3.63, 3.8) is 0 Å². The van der Waals surface area contributed by atoms with E-state index in [0.29, 0.717) is 13.0 Å². The van der Waals surface area contributed by atoms with Gasteiger partial charge in [-0.2, -0.15) is 8.42 Å². The quantitative estimate of drug-likeness (QED) is 0.0197. The number of hydrogen-bond acceptors (Lipinski definition) is 11. The number of aliphatic hydroxyl groups is 3. The molecular formula is C55H96O12S. The highest BCUT2D eigenvalue weighted by Crippen LogP contribution is 2.26. The zero-order valence-corrected chi connectivity index (χ0v) is 43.2. The molecule has 0 spiro atoms. The molecule has 4 N–H and O–H groups in total. The topological polar surface area (TPSA) is 178 Å². The van der Waals surface area contributed by atoms with E-state index >= 15 is 0 Å². The highest BCUT2D eigenvalue weighted by molar-refractivity contribution is 7.80. The molecule has 12 nitrogen and oxygen atoms in total. The van der Waals surface area contributed by atoms with E-state index in [1.54, 1.807) is 0 Å². The zero-order chi connectivity index (χ0) is 49.6. The Morgan fingerprint density at radius 2 is 1.01 bits per heavy atom. The van der Waals surface area contributed by atoms with Crippen LogP contribution in [0.3, 0.4) is 0 Å². The molecular weight excluding hydrogens is 885 g/mol. The summed E-state index contributed by atoms with van der Waals surface area (Å²) in [5, 5.41) is 30.8. The molecule has 1 heterocycles. The molecule has 0 aliphatic carbocycles. The van der Waals surface area contributed by atoms with Crippen molar-refractivity contribution in [1.82, 2.24) is 0 Å². The van der Waals surface area contributed by atoms with Gasteiger partial charge in [0, 0.05) is 13.0 Å². The predicted molar refractivity (Wildman–Crippen MR) is 276 cm³/mol. The predicted octanol–water partition coefficient (Wildman–Crippen LogP) is 12.6. The molecule has 0 aromatic carbocycles. The van der Waals surface area contributed by atoms with E-state index in [4.69, 9.17) is 18.9 Å². The maximum atomic E-state index is 12.9. The second kappa shape index (κ2) is 45.7. The Morgan fingerprint density at radius 3 is 1.50 bits per heavy atom. The van der Waals surface area contributed by atoms with Gasteiger partial charge in [0.15, 0.2) is 6.29 Å². The largest absolute Gasteiger partial charge is 0.457 e. The number of aliphatic hydroxyl groups excluding tert-OH is 3. The molecule has 6 atom stereocenters. The lowest BCUT2D eigenvalue weighted by molar-refractivity contribution is -0.301. The van der Waals surface area contributed by atoms with Crippen LogP contribution in [0.2, 0.25) is 0 Å². The number of rotatable bonds is 46. The summed E-state index contributed by atoms with van der Waals surface area (Å²) in [7, 11) is -5.07. The van der Waals surface area contributed by atoms with Gasteiger partial charge in [-0.1, -0.05) is 189 Å². The van der Waals surface area contributed by atoms with Gasteiger partial charge in [-0.3, -0.25) is 9.35 Å². The van der Waals surface area contributed by atoms with Crippen LogP contribution >= 0.6 is 0 Å². The lowest BCUT2D eigenvalue weighted by Gasteiger charge is -2.41. The molecule has 0 saturated carbocycles. The van der Waals surface area contributed by atoms with Crippen LogP contribution in [0.1, 0.15) is 206 Å². The van der Waals surface area contributed by atoms with Gasteiger partial charge in [0.25, 0.3) is 0 Å². The smallest absolute Gasteiger partial charge is 0.397 e. The third-order valence-corrected chi connectivity index (χ3v) is 12.3. The summed E-state index contributed by atoms with van der Waals surface area (Å²) in [5.74, 6) is -0.408. The fraction of sp³-hybridized carbons (Fsp3) is 0.764. The van der Waals surface area contributed by atoms with Crippen LogP contribution in [0.15, 0.2) is 72.9 Å². The van der Waals surface area contributed by atoms with Gasteiger partial charge in [-0.05, 0) is 83.5 Å². The number of hydrogen-bond donors (Lipinski definition) is 4. The molecule has 6 unspecified atom stereocenters. The first-order valence-electron chi connectivity index (χ1n) is 26.7. The fourth-order valence-corrected chi connectivity index (χ4v) is 8.32. The minimum Gasteiger partial charge on any atom is -0.457 e. The minimum atomic E-state index is -5.07. The SMILES string of the molecule is CC/C=C\C/C=C\C/C=C\C/C=C\C/C=C\CCCCCCCCOCC(COC1OC(CO)C(O)C(OS(=O)(=O)O)C1O)OC(=O)CCCCCCCCCCC/C=C\CCCCCCCC. The number of esters is 1. The van der Waals surface area contributed by atoms with Gasteiger partial charge in [0.05, 0.1) is 19.8 Å². The van der Waals surface area contributed by atoms with Gasteiger partial charge >= 0.3 is 16.4 Å². The van der Waals surface area contributed by atoms with Crippen molar-refractivity contribution in [3.05, 3.63) is 72.9 Å². The van der Waals surface area contributed by atoms with Crippen molar-refractivity contribution in [2.24, 2.45) is 0 Å². The summed E-state index contributed by atoms with van der Waals surface area (Å²) in [5.41, 5.74) is 0. The Hall–Kier alpha value is -2.46. The third-order valence-electron chi connectivity index (χ3n) is 11.8. The van der Waals surface area contributed by atoms with Crippen LogP contribution in [-0.4, -0.2) is 97.5 Å². The molecule has 0 radical (unpaired) electrons. The average molecular weight is 981 g/mol. The number of unbranched alkanes of at least 4 members (excludes halogenated alkanes) is 21. The molecule has 0 aromatic heterocycles. The standard InChI is InChI=1S/C55H96O12S/c1-3-5-7-9-11-13-15-17-19-21-23-24-25-27-29-31-33-35-37-39-41-43-45-63-47-49(48-64-55-53(59)54(67-68(60,61)62)52(58)50(46-56)66-55)65-51(57)44-42-40-38-36-34-32-30-28-26-22-20-18-16-14-12-10-8-6-4-2/h5,7,11,13,17-20,23-24,27,29,49-50,52-56,58-59H,3-4,6,8-10,12,14-16,21-22,25-26,28,30-48H2,1-2H3,(H,60,61,62)/b7-5-,13-11-,19-17-,20-18-,24-23-,29-27-. The Bertz CT molecular complexity index is 1460. The molecule has 0 amide bonds. The molecule has 0 bridgehead atoms. The summed E-state index contributed by atoms with van der Waals surface area (Å²) in [6, 6.07) is 0. The van der Waals surface area contributed by atoms with Crippen molar-refractivity contribution >= 4 is 16.4 Å². The van der Waals surface area contributed by atoms with Gasteiger partial charge in [0.2, 0.25) is 0 Å². The normalized spacial score (nSPS) is 19.9. The summed E-state index contributed by atoms with van der Waals surface area (Å²) in [6.07, 6.45) is 50.7. The van der Waals surface area contributed by atoms with E-state index in [2.05, 4.69) is 90.9 Å². The van der Waals surface area contributed by atoms with Crippen molar-refractivity contribution in [1.29, 1.82) is 0 Å². The minimum absolute atomic E-state index is 0.0221. The van der Waals surface area contributed by atoms with Crippen molar-refractivity contribution in [2.45, 2.75) is 243 Å². The Labute approximate surface area is 413 Å². The summed E-state index contributed by atoms with van der Waals surface area (Å²) >= 11 is 0. The van der Waals surface area contributed by atoms with Gasteiger partial charge in [-0.25, -0.2) is 4.18 Å². The van der Waals surface area contributed by atoms with Crippen LogP contribution in [0.25, 0.3) is 0 Å². The van der Waals surface area contributed by atoms with E-state index < -0.39 is 59.8 Å². The van der Waals surface area contributed by atoms with Gasteiger partial charge in [0.1, 0.15) is 30.5 Å². The van der Waals surface area contributed by atoms with E-state index in [9.17, 15) is 33.1 Å². The Kier molecular flexibility index (Phi) is 42.7. The fourth-order valence-electron chi connectivity index (χ4n) is 7.81. The van der Waals surface area contributed by atoms with Crippen LogP contribution < -0.4 is 0 Å². The van der Waals surface area contributed by atoms with Crippen LogP contribution in [0.4, 0.5) is 0 Å². The highest BCUT2D eigenvalue weighted by atomic mass is 32.3. The van der Waals surface area contributed by atoms with Crippen molar-refractivity contribution in [3.8, 4) is 0 Å². The first-order chi connectivity index (χ1) is 33.1. The second-order valence-corrected chi connectivity index (χ2v) is 19.1. The van der Waals surface area contributed by atoms with E-state index in [0.717, 1.165) is 89.9 Å². The highest BCUT2D eigenvalue weighted by Gasteiger charge is 2.48. The molecule has 13 heteroatoms.